The van der Waals surface area contributed by atoms with E-state index in [1.807, 2.05) is 0 Å². The van der Waals surface area contributed by atoms with Gasteiger partial charge in [-0.25, -0.2) is 8.78 Å². The van der Waals surface area contributed by atoms with Crippen molar-refractivity contribution in [2.75, 3.05) is 6.61 Å². The van der Waals surface area contributed by atoms with Gasteiger partial charge in [0.15, 0.2) is 0 Å². The number of halogens is 3. The van der Waals surface area contributed by atoms with Crippen molar-refractivity contribution in [3.8, 4) is 5.75 Å². The van der Waals surface area contributed by atoms with Gasteiger partial charge in [-0.15, -0.1) is 0 Å². The Labute approximate surface area is 105 Å². The molecule has 0 aliphatic carbocycles. The van der Waals surface area contributed by atoms with Crippen molar-refractivity contribution in [3.05, 3.63) is 32.8 Å². The number of hydrogen-bond acceptors (Lipinski definition) is 5. The fourth-order valence-electron chi connectivity index (χ4n) is 1.35. The number of nitrogens with zero attached hydrogens (tertiary/aromatic N) is 1. The monoisotopic (exact) mass is 282 g/mol. The third-order valence-electron chi connectivity index (χ3n) is 2.32. The van der Waals surface area contributed by atoms with E-state index < -0.39 is 40.5 Å². The van der Waals surface area contributed by atoms with Crippen LogP contribution in [-0.2, 0) is 0 Å². The summed E-state index contributed by atoms with van der Waals surface area (Å²) in [6.07, 6.45) is 0. The van der Waals surface area contributed by atoms with Gasteiger partial charge in [-0.3, -0.25) is 10.1 Å². The Kier molecular flexibility index (Phi) is 4.05. The zero-order valence-corrected chi connectivity index (χ0v) is 9.56. The number of rotatable bonds is 4. The van der Waals surface area contributed by atoms with Gasteiger partial charge in [0.05, 0.1) is 15.5 Å². The average Bonchev–Trinajstić information content (AvgIpc) is 2.31. The molecule has 1 aromatic carbocycles. The van der Waals surface area contributed by atoms with Crippen molar-refractivity contribution in [2.24, 2.45) is 5.73 Å². The zero-order valence-electron chi connectivity index (χ0n) is 8.81. The molecule has 1 atom stereocenters. The van der Waals surface area contributed by atoms with Gasteiger partial charge < -0.3 is 15.9 Å². The summed E-state index contributed by atoms with van der Waals surface area (Å²) in [5.41, 5.74) is 3.55. The van der Waals surface area contributed by atoms with Gasteiger partial charge in [-0.1, -0.05) is 11.6 Å². The van der Waals surface area contributed by atoms with E-state index >= 15 is 0 Å². The number of nitro groups is 1. The molecule has 0 saturated carbocycles. The summed E-state index contributed by atoms with van der Waals surface area (Å²) in [6.45, 7) is -1.61. The lowest BCUT2D eigenvalue weighted by Crippen LogP contribution is -2.36. The second kappa shape index (κ2) is 5.01. The van der Waals surface area contributed by atoms with Crippen molar-refractivity contribution in [2.45, 2.75) is 12.0 Å². The summed E-state index contributed by atoms with van der Waals surface area (Å²) in [5, 5.41) is 28.4. The standard InChI is InChI=1S/C9H9ClF2N2O4/c10-4-1-2-5(14(17)18)6(7(4)16)8(13)9(11,12)3-15/h1-2,8,15-16H,3,13H2/t8-/m0/s1. The predicted octanol–water partition coefficient (Wildman–Crippen LogP) is 1.58. The second-order valence-electron chi connectivity index (χ2n) is 3.48. The van der Waals surface area contributed by atoms with Crippen LogP contribution in [-0.4, -0.2) is 27.7 Å². The first-order valence-corrected chi connectivity index (χ1v) is 5.00. The molecule has 9 heteroatoms. The highest BCUT2D eigenvalue weighted by Gasteiger charge is 2.42. The van der Waals surface area contributed by atoms with Crippen LogP contribution in [0.5, 0.6) is 5.75 Å². The van der Waals surface area contributed by atoms with Crippen LogP contribution >= 0.6 is 11.6 Å². The first kappa shape index (κ1) is 14.6. The molecule has 0 radical (unpaired) electrons. The molecule has 0 saturated heterocycles. The minimum atomic E-state index is -3.83. The van der Waals surface area contributed by atoms with E-state index in [9.17, 15) is 24.0 Å². The topological polar surface area (TPSA) is 110 Å². The largest absolute Gasteiger partial charge is 0.506 e. The molecule has 100 valence electrons. The van der Waals surface area contributed by atoms with Crippen LogP contribution in [0.4, 0.5) is 14.5 Å². The van der Waals surface area contributed by atoms with Gasteiger partial charge >= 0.3 is 0 Å². The third-order valence-corrected chi connectivity index (χ3v) is 2.62. The Bertz CT molecular complexity index is 484. The molecule has 1 aromatic rings. The number of hydrogen-bond donors (Lipinski definition) is 3. The van der Waals surface area contributed by atoms with Gasteiger partial charge in [0.1, 0.15) is 18.4 Å². The van der Waals surface area contributed by atoms with Crippen molar-refractivity contribution in [3.63, 3.8) is 0 Å². The number of benzene rings is 1. The lowest BCUT2D eigenvalue weighted by Gasteiger charge is -2.22. The van der Waals surface area contributed by atoms with Gasteiger partial charge in [0.2, 0.25) is 0 Å². The molecule has 0 fully saturated rings. The highest BCUT2D eigenvalue weighted by molar-refractivity contribution is 6.32. The third kappa shape index (κ3) is 2.50. The highest BCUT2D eigenvalue weighted by atomic mass is 35.5. The van der Waals surface area contributed by atoms with Crippen molar-refractivity contribution in [1.82, 2.24) is 0 Å². The molecule has 0 bridgehead atoms. The van der Waals surface area contributed by atoms with E-state index in [2.05, 4.69) is 0 Å². The van der Waals surface area contributed by atoms with Gasteiger partial charge in [0.25, 0.3) is 11.6 Å². The maximum Gasteiger partial charge on any atom is 0.289 e. The SMILES string of the molecule is N[C@@H](c1c([N+](=O)[O-])ccc(Cl)c1O)C(F)(F)CO. The number of aromatic hydroxyl groups is 1. The van der Waals surface area contributed by atoms with E-state index in [1.54, 1.807) is 0 Å². The van der Waals surface area contributed by atoms with Crippen LogP contribution in [0.25, 0.3) is 0 Å². The van der Waals surface area contributed by atoms with Crippen molar-refractivity contribution < 1.29 is 23.9 Å². The second-order valence-corrected chi connectivity index (χ2v) is 3.89. The highest BCUT2D eigenvalue weighted by Crippen LogP contribution is 2.42. The number of alkyl halides is 2. The first-order chi connectivity index (χ1) is 8.22. The Morgan fingerprint density at radius 3 is 2.56 bits per heavy atom. The minimum absolute atomic E-state index is 0.347. The summed E-state index contributed by atoms with van der Waals surface area (Å²) in [6, 6.07) is -0.408. The minimum Gasteiger partial charge on any atom is -0.506 e. The van der Waals surface area contributed by atoms with Gasteiger partial charge in [-0.2, -0.15) is 0 Å². The molecular formula is C9H9ClF2N2O4. The molecule has 6 nitrogen and oxygen atoms in total. The Hall–Kier alpha value is -1.51. The number of phenols is 1. The van der Waals surface area contributed by atoms with E-state index in [4.69, 9.17) is 22.4 Å². The van der Waals surface area contributed by atoms with Crippen molar-refractivity contribution >= 4 is 17.3 Å². The number of aliphatic hydroxyl groups is 1. The lowest BCUT2D eigenvalue weighted by molar-refractivity contribution is -0.386. The van der Waals surface area contributed by atoms with Crippen molar-refractivity contribution in [1.29, 1.82) is 0 Å². The van der Waals surface area contributed by atoms with Crippen LogP contribution in [0.1, 0.15) is 11.6 Å². The Morgan fingerprint density at radius 2 is 2.11 bits per heavy atom. The quantitative estimate of drug-likeness (QED) is 0.574. The van der Waals surface area contributed by atoms with E-state index in [0.717, 1.165) is 12.1 Å². The molecule has 4 N–H and O–H groups in total. The number of phenolic OH excluding ortho intramolecular Hbond substituents is 1. The summed E-state index contributed by atoms with van der Waals surface area (Å²) in [5.74, 6) is -4.72. The molecule has 0 aliphatic heterocycles. The van der Waals surface area contributed by atoms with E-state index in [1.165, 1.54) is 0 Å². The predicted molar refractivity (Wildman–Crippen MR) is 58.7 cm³/mol. The molecular weight excluding hydrogens is 274 g/mol. The van der Waals surface area contributed by atoms with Crippen LogP contribution in [0.15, 0.2) is 12.1 Å². The van der Waals surface area contributed by atoms with Crippen LogP contribution < -0.4 is 5.73 Å². The molecule has 18 heavy (non-hydrogen) atoms. The maximum absolute atomic E-state index is 13.2. The molecule has 0 heterocycles. The lowest BCUT2D eigenvalue weighted by atomic mass is 9.99. The fraction of sp³-hybridized carbons (Fsp3) is 0.333. The van der Waals surface area contributed by atoms with Crippen LogP contribution in [0.2, 0.25) is 5.02 Å². The average molecular weight is 283 g/mol. The number of nitro benzene ring substituents is 1. The number of aliphatic hydroxyl groups excluding tert-OH is 1. The van der Waals surface area contributed by atoms with E-state index in [-0.39, 0.29) is 5.02 Å². The van der Waals surface area contributed by atoms with Crippen LogP contribution in [0, 0.1) is 10.1 Å². The summed E-state index contributed by atoms with van der Waals surface area (Å²) in [4.78, 5) is 9.72. The molecule has 0 spiro atoms. The molecule has 0 aliphatic rings. The Balaban J connectivity index is 3.46. The molecule has 1 rings (SSSR count). The summed E-state index contributed by atoms with van der Waals surface area (Å²) in [7, 11) is 0. The molecule has 0 aromatic heterocycles. The van der Waals surface area contributed by atoms with Gasteiger partial charge in [-0.05, 0) is 6.07 Å². The summed E-state index contributed by atoms with van der Waals surface area (Å²) >= 11 is 5.49. The maximum atomic E-state index is 13.2. The zero-order chi connectivity index (χ0) is 14.1. The fourth-order valence-corrected chi connectivity index (χ4v) is 1.51. The van der Waals surface area contributed by atoms with Gasteiger partial charge in [0, 0.05) is 6.07 Å². The summed E-state index contributed by atoms with van der Waals surface area (Å²) < 4.78 is 26.5. The molecule has 0 amide bonds. The molecule has 0 unspecified atom stereocenters. The first-order valence-electron chi connectivity index (χ1n) is 4.62. The van der Waals surface area contributed by atoms with Crippen LogP contribution in [0.3, 0.4) is 0 Å². The Morgan fingerprint density at radius 1 is 1.56 bits per heavy atom. The normalized spacial score (nSPS) is 13.4. The van der Waals surface area contributed by atoms with E-state index in [0.29, 0.717) is 0 Å². The number of nitrogens with two attached hydrogens (primary N) is 1. The smallest absolute Gasteiger partial charge is 0.289 e.